The Kier molecular flexibility index (Phi) is 5.46. The van der Waals surface area contributed by atoms with Crippen LogP contribution in [0.4, 0.5) is 5.82 Å². The summed E-state index contributed by atoms with van der Waals surface area (Å²) in [6.45, 7) is 9.09. The van der Waals surface area contributed by atoms with Gasteiger partial charge in [0.05, 0.1) is 12.1 Å². The lowest BCUT2D eigenvalue weighted by atomic mass is 10.1. The molecule has 3 heterocycles. The molecule has 0 amide bonds. The van der Waals surface area contributed by atoms with E-state index in [2.05, 4.69) is 47.8 Å². The molecule has 0 radical (unpaired) electrons. The number of imidazole rings is 1. The van der Waals surface area contributed by atoms with Crippen LogP contribution < -0.4 is 15.8 Å². The van der Waals surface area contributed by atoms with Gasteiger partial charge in [-0.15, -0.1) is 0 Å². The van der Waals surface area contributed by atoms with Crippen LogP contribution in [0.2, 0.25) is 0 Å². The predicted molar refractivity (Wildman–Crippen MR) is 114 cm³/mol. The van der Waals surface area contributed by atoms with Crippen molar-refractivity contribution < 1.29 is 4.74 Å². The van der Waals surface area contributed by atoms with Gasteiger partial charge in [-0.05, 0) is 43.1 Å². The number of aromatic nitrogens is 3. The van der Waals surface area contributed by atoms with Gasteiger partial charge < -0.3 is 20.4 Å². The molecule has 3 N–H and O–H groups in total. The van der Waals surface area contributed by atoms with E-state index in [1.807, 2.05) is 6.07 Å². The Balaban J connectivity index is 1.66. The quantitative estimate of drug-likeness (QED) is 0.591. The second-order valence-electron chi connectivity index (χ2n) is 7.50. The van der Waals surface area contributed by atoms with Crippen LogP contribution in [0.15, 0.2) is 34.4 Å². The third-order valence-electron chi connectivity index (χ3n) is 4.96. The van der Waals surface area contributed by atoms with Crippen LogP contribution in [-0.4, -0.2) is 33.7 Å². The van der Waals surface area contributed by atoms with Crippen molar-refractivity contribution in [3.05, 3.63) is 35.5 Å². The molecule has 4 rings (SSSR count). The Labute approximate surface area is 169 Å². The smallest absolute Gasteiger partial charge is 0.174 e. The Hall–Kier alpha value is -2.25. The number of rotatable bonds is 7. The molecule has 0 atom stereocenters. The van der Waals surface area contributed by atoms with Crippen molar-refractivity contribution in [1.82, 2.24) is 19.9 Å². The normalized spacial score (nSPS) is 13.3. The first-order valence-electron chi connectivity index (χ1n) is 9.81. The first kappa shape index (κ1) is 19.1. The molecule has 1 aliphatic rings. The molecule has 28 heavy (non-hydrogen) atoms. The van der Waals surface area contributed by atoms with Crippen LogP contribution in [0.5, 0.6) is 5.75 Å². The predicted octanol–water partition coefficient (Wildman–Crippen LogP) is 3.80. The first-order valence-corrected chi connectivity index (χ1v) is 10.6. The van der Waals surface area contributed by atoms with E-state index in [1.54, 1.807) is 18.0 Å². The maximum atomic E-state index is 6.10. The van der Waals surface area contributed by atoms with E-state index < -0.39 is 0 Å². The van der Waals surface area contributed by atoms with Crippen LogP contribution in [0.3, 0.4) is 0 Å². The topological polar surface area (TPSA) is 78.0 Å². The number of hydrogen-bond donors (Lipinski definition) is 2. The van der Waals surface area contributed by atoms with Crippen molar-refractivity contribution >= 4 is 28.6 Å². The lowest BCUT2D eigenvalue weighted by Crippen LogP contribution is -2.24. The van der Waals surface area contributed by atoms with E-state index >= 15 is 0 Å². The molecule has 0 aliphatic carbocycles. The third kappa shape index (κ3) is 3.82. The summed E-state index contributed by atoms with van der Waals surface area (Å²) in [7, 11) is 0. The third-order valence-corrected chi connectivity index (χ3v) is 6.11. The molecule has 0 saturated carbocycles. The van der Waals surface area contributed by atoms with Crippen molar-refractivity contribution in [1.29, 1.82) is 0 Å². The van der Waals surface area contributed by atoms with Gasteiger partial charge in [0.15, 0.2) is 11.0 Å². The number of nitrogens with one attached hydrogen (secondary N) is 1. The number of nitrogen functional groups attached to an aromatic ring is 1. The van der Waals surface area contributed by atoms with Crippen molar-refractivity contribution in [3.8, 4) is 5.75 Å². The molecule has 148 valence electrons. The molecule has 6 nitrogen and oxygen atoms in total. The van der Waals surface area contributed by atoms with E-state index in [0.29, 0.717) is 11.9 Å². The molecule has 7 heteroatoms. The molecule has 2 aromatic heterocycles. The Bertz CT molecular complexity index is 998. The number of pyridine rings is 1. The van der Waals surface area contributed by atoms with Gasteiger partial charge in [0.2, 0.25) is 0 Å². The zero-order chi connectivity index (χ0) is 19.7. The summed E-state index contributed by atoms with van der Waals surface area (Å²) in [5.74, 6) is 1.48. The zero-order valence-corrected chi connectivity index (χ0v) is 17.5. The fourth-order valence-corrected chi connectivity index (χ4v) is 4.53. The van der Waals surface area contributed by atoms with Crippen molar-refractivity contribution in [2.45, 2.75) is 56.3 Å². The molecule has 3 aromatic rings. The highest BCUT2D eigenvalue weighted by Gasteiger charge is 2.19. The number of nitrogens with zero attached hydrogens (tertiary/aromatic N) is 3. The summed E-state index contributed by atoms with van der Waals surface area (Å²) < 4.78 is 8.02. The number of benzene rings is 1. The van der Waals surface area contributed by atoms with Crippen molar-refractivity contribution in [2.75, 3.05) is 18.9 Å². The summed E-state index contributed by atoms with van der Waals surface area (Å²) >= 11 is 1.67. The van der Waals surface area contributed by atoms with E-state index in [1.165, 1.54) is 16.0 Å². The highest BCUT2D eigenvalue weighted by molar-refractivity contribution is 7.99. The summed E-state index contributed by atoms with van der Waals surface area (Å²) in [6, 6.07) is 6.87. The van der Waals surface area contributed by atoms with Crippen LogP contribution in [0.1, 0.15) is 31.4 Å². The fraction of sp³-hybridized carbons (Fsp3) is 0.429. The SMILES string of the molecule is Cc1cc2c(cc1Sc1nc3c(N)nccc3n1CCCNC(C)C)OCC2. The number of aryl methyl sites for hydroxylation is 2. The average molecular weight is 398 g/mol. The lowest BCUT2D eigenvalue weighted by molar-refractivity contribution is 0.356. The number of ether oxygens (including phenoxy) is 1. The minimum Gasteiger partial charge on any atom is -0.493 e. The van der Waals surface area contributed by atoms with Gasteiger partial charge in [0.25, 0.3) is 0 Å². The first-order chi connectivity index (χ1) is 13.5. The molecule has 0 unspecified atom stereocenters. The summed E-state index contributed by atoms with van der Waals surface area (Å²) in [5, 5.41) is 4.42. The minimum atomic E-state index is 0.479. The molecular weight excluding hydrogens is 370 g/mol. The molecule has 0 saturated heterocycles. The zero-order valence-electron chi connectivity index (χ0n) is 16.7. The molecule has 1 aliphatic heterocycles. The maximum absolute atomic E-state index is 6.10. The molecule has 1 aromatic carbocycles. The fourth-order valence-electron chi connectivity index (χ4n) is 3.51. The monoisotopic (exact) mass is 397 g/mol. The van der Waals surface area contributed by atoms with E-state index in [4.69, 9.17) is 15.5 Å². The Morgan fingerprint density at radius 1 is 1.36 bits per heavy atom. The standard InChI is InChI=1S/C21H27N5OS/c1-13(2)23-7-4-9-26-16-5-8-24-20(22)19(16)25-21(26)28-18-12-17-15(6-10-27-17)11-14(18)3/h5,8,11-13,23H,4,6-7,9-10H2,1-3H3,(H2,22,24). The van der Waals surface area contributed by atoms with Crippen molar-refractivity contribution in [2.24, 2.45) is 0 Å². The molecule has 0 spiro atoms. The van der Waals surface area contributed by atoms with Crippen molar-refractivity contribution in [3.63, 3.8) is 0 Å². The summed E-state index contributed by atoms with van der Waals surface area (Å²) in [6.07, 6.45) is 3.77. The van der Waals surface area contributed by atoms with Gasteiger partial charge in [0.1, 0.15) is 11.3 Å². The van der Waals surface area contributed by atoms with Gasteiger partial charge in [-0.1, -0.05) is 31.7 Å². The second kappa shape index (κ2) is 8.01. The highest BCUT2D eigenvalue weighted by Crippen LogP contribution is 2.38. The Morgan fingerprint density at radius 2 is 2.21 bits per heavy atom. The van der Waals surface area contributed by atoms with Crippen LogP contribution >= 0.6 is 11.8 Å². The van der Waals surface area contributed by atoms with Gasteiger partial charge in [-0.3, -0.25) is 0 Å². The van der Waals surface area contributed by atoms with Crippen LogP contribution in [-0.2, 0) is 13.0 Å². The summed E-state index contributed by atoms with van der Waals surface area (Å²) in [4.78, 5) is 10.2. The number of fused-ring (bicyclic) bond motifs is 2. The number of hydrogen-bond acceptors (Lipinski definition) is 6. The van der Waals surface area contributed by atoms with E-state index in [9.17, 15) is 0 Å². The number of nitrogens with two attached hydrogens (primary N) is 1. The van der Waals surface area contributed by atoms with E-state index in [-0.39, 0.29) is 0 Å². The number of anilines is 1. The van der Waals surface area contributed by atoms with Gasteiger partial charge in [0, 0.05) is 30.1 Å². The molecule has 0 bridgehead atoms. The lowest BCUT2D eigenvalue weighted by Gasteiger charge is -2.12. The van der Waals surface area contributed by atoms with Gasteiger partial charge in [-0.2, -0.15) is 0 Å². The molecular formula is C21H27N5OS. The maximum Gasteiger partial charge on any atom is 0.174 e. The van der Waals surface area contributed by atoms with Gasteiger partial charge >= 0.3 is 0 Å². The average Bonchev–Trinajstić information content (AvgIpc) is 3.24. The minimum absolute atomic E-state index is 0.479. The van der Waals surface area contributed by atoms with E-state index in [0.717, 1.165) is 54.5 Å². The second-order valence-corrected chi connectivity index (χ2v) is 8.51. The molecule has 0 fully saturated rings. The van der Waals surface area contributed by atoms with Crippen LogP contribution in [0, 0.1) is 6.92 Å². The highest BCUT2D eigenvalue weighted by atomic mass is 32.2. The largest absolute Gasteiger partial charge is 0.493 e. The summed E-state index contributed by atoms with van der Waals surface area (Å²) in [5.41, 5.74) is 10.5. The van der Waals surface area contributed by atoms with Crippen LogP contribution in [0.25, 0.3) is 11.0 Å². The Morgan fingerprint density at radius 3 is 3.04 bits per heavy atom. The van der Waals surface area contributed by atoms with Gasteiger partial charge in [-0.25, -0.2) is 9.97 Å².